The van der Waals surface area contributed by atoms with Crippen LogP contribution < -0.4 is 0 Å². The van der Waals surface area contributed by atoms with Crippen LogP contribution in [-0.2, 0) is 4.79 Å². The molecule has 0 radical (unpaired) electrons. The highest BCUT2D eigenvalue weighted by molar-refractivity contribution is 5.79. The van der Waals surface area contributed by atoms with Crippen molar-refractivity contribution in [2.75, 3.05) is 7.05 Å². The second kappa shape index (κ2) is 4.65. The van der Waals surface area contributed by atoms with E-state index in [0.717, 1.165) is 31.2 Å². The number of rotatable bonds is 3. The zero-order chi connectivity index (χ0) is 10.8. The van der Waals surface area contributed by atoms with Crippen LogP contribution >= 0.6 is 0 Å². The summed E-state index contributed by atoms with van der Waals surface area (Å²) in [6.45, 7) is 2.27. The molecule has 2 rings (SSSR count). The van der Waals surface area contributed by atoms with Crippen LogP contribution in [0.3, 0.4) is 0 Å². The van der Waals surface area contributed by atoms with Gasteiger partial charge >= 0.3 is 0 Å². The van der Waals surface area contributed by atoms with Gasteiger partial charge in [-0.2, -0.15) is 0 Å². The number of hydrogen-bond donors (Lipinski definition) is 0. The van der Waals surface area contributed by atoms with E-state index in [0.29, 0.717) is 11.8 Å². The molecule has 0 N–H and O–H groups in total. The summed E-state index contributed by atoms with van der Waals surface area (Å²) in [6, 6.07) is 1.32. The number of carbonyl (C=O) groups is 1. The maximum Gasteiger partial charge on any atom is 0.134 e. The molecule has 2 fully saturated rings. The van der Waals surface area contributed by atoms with Crippen molar-refractivity contribution < 1.29 is 4.79 Å². The molecule has 0 aromatic heterocycles. The van der Waals surface area contributed by atoms with Crippen LogP contribution in [-0.4, -0.2) is 29.8 Å². The van der Waals surface area contributed by atoms with Gasteiger partial charge in [0.1, 0.15) is 5.78 Å². The fourth-order valence-corrected chi connectivity index (χ4v) is 3.06. The van der Waals surface area contributed by atoms with Crippen molar-refractivity contribution in [3.63, 3.8) is 0 Å². The lowest BCUT2D eigenvalue weighted by molar-refractivity contribution is -0.124. The predicted molar refractivity (Wildman–Crippen MR) is 61.8 cm³/mol. The highest BCUT2D eigenvalue weighted by Crippen LogP contribution is 2.33. The Kier molecular flexibility index (Phi) is 3.45. The summed E-state index contributed by atoms with van der Waals surface area (Å²) in [7, 11) is 2.23. The summed E-state index contributed by atoms with van der Waals surface area (Å²) in [6.07, 6.45) is 8.06. The molecule has 0 aromatic carbocycles. The van der Waals surface area contributed by atoms with E-state index >= 15 is 0 Å². The van der Waals surface area contributed by atoms with Gasteiger partial charge in [0, 0.05) is 24.9 Å². The summed E-state index contributed by atoms with van der Waals surface area (Å²) in [5, 5.41) is 0. The topological polar surface area (TPSA) is 20.3 Å². The summed E-state index contributed by atoms with van der Waals surface area (Å²) in [4.78, 5) is 14.1. The van der Waals surface area contributed by atoms with E-state index in [1.165, 1.54) is 25.7 Å². The fraction of sp³-hybridized carbons (Fsp3) is 0.923. The monoisotopic (exact) mass is 209 g/mol. The molecule has 86 valence electrons. The molecule has 2 unspecified atom stereocenters. The number of Topliss-reactive ketones (excluding diaryl/α,β-unsaturated/α-hetero) is 1. The van der Waals surface area contributed by atoms with Crippen LogP contribution in [0.25, 0.3) is 0 Å². The molecular weight excluding hydrogens is 186 g/mol. The molecule has 2 aliphatic rings. The third-order valence-electron chi connectivity index (χ3n) is 4.47. The smallest absolute Gasteiger partial charge is 0.134 e. The van der Waals surface area contributed by atoms with Crippen molar-refractivity contribution in [2.24, 2.45) is 5.92 Å². The Balaban J connectivity index is 1.98. The third kappa shape index (κ3) is 2.25. The zero-order valence-electron chi connectivity index (χ0n) is 10.0. The van der Waals surface area contributed by atoms with Crippen LogP contribution in [0.2, 0.25) is 0 Å². The zero-order valence-corrected chi connectivity index (χ0v) is 10.0. The minimum atomic E-state index is 0.482. The molecule has 0 heterocycles. The maximum absolute atomic E-state index is 11.5. The molecular formula is C13H23NO. The number of carbonyl (C=O) groups excluding carboxylic acids is 1. The van der Waals surface area contributed by atoms with E-state index in [1.807, 2.05) is 0 Å². The van der Waals surface area contributed by atoms with Crippen molar-refractivity contribution in [1.29, 1.82) is 0 Å². The first-order valence-corrected chi connectivity index (χ1v) is 6.46. The Morgan fingerprint density at radius 2 is 2.07 bits per heavy atom. The fourth-order valence-electron chi connectivity index (χ4n) is 3.06. The van der Waals surface area contributed by atoms with Gasteiger partial charge in [0.2, 0.25) is 0 Å². The van der Waals surface area contributed by atoms with Crippen molar-refractivity contribution in [3.05, 3.63) is 0 Å². The Morgan fingerprint density at radius 3 is 2.60 bits per heavy atom. The SMILES string of the molecule is CCC1CCC(=O)CC1N(C)C1CCC1. The first kappa shape index (κ1) is 11.1. The lowest BCUT2D eigenvalue weighted by Crippen LogP contribution is -2.49. The summed E-state index contributed by atoms with van der Waals surface area (Å²) in [5.74, 6) is 1.24. The number of ketones is 1. The van der Waals surface area contributed by atoms with Gasteiger partial charge < -0.3 is 0 Å². The minimum absolute atomic E-state index is 0.482. The van der Waals surface area contributed by atoms with Gasteiger partial charge in [-0.05, 0) is 32.2 Å². The Labute approximate surface area is 93.0 Å². The van der Waals surface area contributed by atoms with Gasteiger partial charge in [-0.15, -0.1) is 0 Å². The molecule has 0 bridgehead atoms. The largest absolute Gasteiger partial charge is 0.300 e. The second-order valence-electron chi connectivity index (χ2n) is 5.27. The van der Waals surface area contributed by atoms with Gasteiger partial charge in [0.25, 0.3) is 0 Å². The van der Waals surface area contributed by atoms with Crippen molar-refractivity contribution in [2.45, 2.75) is 64.0 Å². The first-order chi connectivity index (χ1) is 7.22. The molecule has 2 nitrogen and oxygen atoms in total. The Bertz CT molecular complexity index is 235. The summed E-state index contributed by atoms with van der Waals surface area (Å²) < 4.78 is 0. The van der Waals surface area contributed by atoms with Gasteiger partial charge in [0.15, 0.2) is 0 Å². The molecule has 2 atom stereocenters. The molecule has 2 saturated carbocycles. The average Bonchev–Trinajstić information content (AvgIpc) is 2.15. The van der Waals surface area contributed by atoms with E-state index in [9.17, 15) is 4.79 Å². The van der Waals surface area contributed by atoms with Crippen molar-refractivity contribution in [1.82, 2.24) is 4.90 Å². The summed E-state index contributed by atoms with van der Waals surface area (Å²) in [5.41, 5.74) is 0. The van der Waals surface area contributed by atoms with Gasteiger partial charge in [0.05, 0.1) is 0 Å². The van der Waals surface area contributed by atoms with Crippen molar-refractivity contribution in [3.8, 4) is 0 Å². The quantitative estimate of drug-likeness (QED) is 0.712. The van der Waals surface area contributed by atoms with Crippen LogP contribution in [0.15, 0.2) is 0 Å². The lowest BCUT2D eigenvalue weighted by Gasteiger charge is -2.44. The molecule has 15 heavy (non-hydrogen) atoms. The molecule has 0 aromatic rings. The lowest BCUT2D eigenvalue weighted by atomic mass is 9.79. The molecule has 0 saturated heterocycles. The summed E-state index contributed by atoms with van der Waals surface area (Å²) >= 11 is 0. The van der Waals surface area contributed by atoms with E-state index in [2.05, 4.69) is 18.9 Å². The highest BCUT2D eigenvalue weighted by Gasteiger charge is 2.35. The highest BCUT2D eigenvalue weighted by atomic mass is 16.1. The molecule has 0 amide bonds. The normalized spacial score (nSPS) is 33.1. The van der Waals surface area contributed by atoms with Crippen LogP contribution in [0.1, 0.15) is 51.9 Å². The number of nitrogens with zero attached hydrogens (tertiary/aromatic N) is 1. The van der Waals surface area contributed by atoms with E-state index < -0.39 is 0 Å². The first-order valence-electron chi connectivity index (χ1n) is 6.46. The van der Waals surface area contributed by atoms with Crippen LogP contribution in [0.4, 0.5) is 0 Å². The maximum atomic E-state index is 11.5. The Hall–Kier alpha value is -0.370. The van der Waals surface area contributed by atoms with Gasteiger partial charge in [-0.25, -0.2) is 0 Å². The second-order valence-corrected chi connectivity index (χ2v) is 5.27. The van der Waals surface area contributed by atoms with E-state index in [1.54, 1.807) is 0 Å². The molecule has 0 spiro atoms. The third-order valence-corrected chi connectivity index (χ3v) is 4.47. The van der Waals surface area contributed by atoms with Crippen LogP contribution in [0.5, 0.6) is 0 Å². The number of hydrogen-bond acceptors (Lipinski definition) is 2. The van der Waals surface area contributed by atoms with E-state index in [-0.39, 0.29) is 0 Å². The minimum Gasteiger partial charge on any atom is -0.300 e. The predicted octanol–water partition coefficient (Wildman–Crippen LogP) is 2.62. The van der Waals surface area contributed by atoms with Gasteiger partial charge in [-0.3, -0.25) is 9.69 Å². The molecule has 0 aliphatic heterocycles. The average molecular weight is 209 g/mol. The van der Waals surface area contributed by atoms with E-state index in [4.69, 9.17) is 0 Å². The Morgan fingerprint density at radius 1 is 1.33 bits per heavy atom. The van der Waals surface area contributed by atoms with Crippen molar-refractivity contribution >= 4 is 5.78 Å². The molecule has 2 heteroatoms. The molecule has 2 aliphatic carbocycles. The van der Waals surface area contributed by atoms with Crippen LogP contribution in [0, 0.1) is 5.92 Å². The standard InChI is InChI=1S/C13H23NO/c1-3-10-7-8-12(15)9-13(10)14(2)11-5-4-6-11/h10-11,13H,3-9H2,1-2H3. The van der Waals surface area contributed by atoms with Gasteiger partial charge in [-0.1, -0.05) is 19.8 Å².